The molecule has 0 unspecified atom stereocenters. The van der Waals surface area contributed by atoms with E-state index in [-0.39, 0.29) is 22.5 Å². The molecule has 0 spiro atoms. The molecule has 1 aromatic carbocycles. The summed E-state index contributed by atoms with van der Waals surface area (Å²) in [5.74, 6) is 0.848. The minimum absolute atomic E-state index is 0.0188. The zero-order valence-electron chi connectivity index (χ0n) is 17.2. The molecule has 1 saturated heterocycles. The highest BCUT2D eigenvalue weighted by Gasteiger charge is 2.36. The van der Waals surface area contributed by atoms with E-state index in [2.05, 4.69) is 5.16 Å². The molecule has 0 atom stereocenters. The molecule has 0 N–H and O–H groups in total. The monoisotopic (exact) mass is 421 g/mol. The summed E-state index contributed by atoms with van der Waals surface area (Å²) in [5, 5.41) is 3.75. The predicted octanol–water partition coefficient (Wildman–Crippen LogP) is 2.36. The average Bonchev–Trinajstić information content (AvgIpc) is 3.06. The topological polar surface area (TPSA) is 93.0 Å². The summed E-state index contributed by atoms with van der Waals surface area (Å²) < 4.78 is 37.6. The third-order valence-electron chi connectivity index (χ3n) is 5.35. The lowest BCUT2D eigenvalue weighted by atomic mass is 9.96. The van der Waals surface area contributed by atoms with Crippen LogP contribution in [0.25, 0.3) is 0 Å². The highest BCUT2D eigenvalue weighted by molar-refractivity contribution is 7.89. The summed E-state index contributed by atoms with van der Waals surface area (Å²) in [5.41, 5.74) is 1.29. The van der Waals surface area contributed by atoms with Crippen LogP contribution in [0, 0.1) is 19.8 Å². The molecule has 29 heavy (non-hydrogen) atoms. The summed E-state index contributed by atoms with van der Waals surface area (Å²) in [6.07, 6.45) is 0.968. The Hall–Kier alpha value is -2.39. The Labute approximate surface area is 171 Å². The molecule has 2 aromatic rings. The van der Waals surface area contributed by atoms with E-state index in [4.69, 9.17) is 9.26 Å². The number of para-hydroxylation sites is 1. The average molecular weight is 422 g/mol. The number of rotatable bonds is 6. The fourth-order valence-electron chi connectivity index (χ4n) is 3.79. The van der Waals surface area contributed by atoms with Gasteiger partial charge in [-0.1, -0.05) is 23.4 Å². The van der Waals surface area contributed by atoms with E-state index in [1.54, 1.807) is 32.9 Å². The molecule has 8 nitrogen and oxygen atoms in total. The first-order valence-electron chi connectivity index (χ1n) is 9.55. The number of aromatic nitrogens is 1. The quantitative estimate of drug-likeness (QED) is 0.711. The van der Waals surface area contributed by atoms with Crippen molar-refractivity contribution in [3.05, 3.63) is 41.3 Å². The largest absolute Gasteiger partial charge is 0.496 e. The number of aryl methyl sites for hydroxylation is 2. The summed E-state index contributed by atoms with van der Waals surface area (Å²) in [4.78, 5) is 14.7. The molecule has 2 heterocycles. The number of hydrogen-bond acceptors (Lipinski definition) is 6. The fraction of sp³-hybridized carbons (Fsp3) is 0.500. The summed E-state index contributed by atoms with van der Waals surface area (Å²) in [6, 6.07) is 7.60. The van der Waals surface area contributed by atoms with E-state index in [9.17, 15) is 13.2 Å². The molecule has 0 saturated carbocycles. The van der Waals surface area contributed by atoms with Gasteiger partial charge < -0.3 is 14.2 Å². The Kier molecular flexibility index (Phi) is 6.28. The molecule has 1 aliphatic heterocycles. The SMILES string of the molecule is COc1ccccc1CN(C)C(=O)C1CCN(S(=O)(=O)c2c(C)noc2C)CC1. The second-order valence-corrected chi connectivity index (χ2v) is 9.21. The van der Waals surface area contributed by atoms with Gasteiger partial charge in [-0.2, -0.15) is 4.31 Å². The van der Waals surface area contributed by atoms with E-state index in [0.29, 0.717) is 38.2 Å². The van der Waals surface area contributed by atoms with Crippen molar-refractivity contribution in [2.24, 2.45) is 5.92 Å². The van der Waals surface area contributed by atoms with E-state index >= 15 is 0 Å². The van der Waals surface area contributed by atoms with Crippen molar-refractivity contribution in [2.75, 3.05) is 27.2 Å². The lowest BCUT2D eigenvalue weighted by Crippen LogP contribution is -2.43. The van der Waals surface area contributed by atoms with Crippen molar-refractivity contribution in [1.82, 2.24) is 14.4 Å². The van der Waals surface area contributed by atoms with Gasteiger partial charge in [0.25, 0.3) is 0 Å². The molecular formula is C20H27N3O5S. The Morgan fingerprint density at radius 2 is 1.93 bits per heavy atom. The van der Waals surface area contributed by atoms with Gasteiger partial charge >= 0.3 is 0 Å². The van der Waals surface area contributed by atoms with Gasteiger partial charge in [0, 0.05) is 38.2 Å². The third-order valence-corrected chi connectivity index (χ3v) is 7.49. The number of benzene rings is 1. The smallest absolute Gasteiger partial charge is 0.248 e. The van der Waals surface area contributed by atoms with Gasteiger partial charge in [0.1, 0.15) is 16.3 Å². The maximum absolute atomic E-state index is 12.9. The normalized spacial score (nSPS) is 16.0. The summed E-state index contributed by atoms with van der Waals surface area (Å²) >= 11 is 0. The number of piperidine rings is 1. The van der Waals surface area contributed by atoms with Crippen molar-refractivity contribution in [2.45, 2.75) is 38.1 Å². The van der Waals surface area contributed by atoms with Gasteiger partial charge in [-0.05, 0) is 32.8 Å². The van der Waals surface area contributed by atoms with Crippen LogP contribution in [0.2, 0.25) is 0 Å². The number of amides is 1. The zero-order valence-corrected chi connectivity index (χ0v) is 18.0. The van der Waals surface area contributed by atoms with Crippen molar-refractivity contribution in [3.63, 3.8) is 0 Å². The Morgan fingerprint density at radius 3 is 2.52 bits per heavy atom. The minimum atomic E-state index is -3.67. The number of hydrogen-bond donors (Lipinski definition) is 0. The number of ether oxygens (including phenoxy) is 1. The molecule has 0 aliphatic carbocycles. The molecule has 1 fully saturated rings. The van der Waals surface area contributed by atoms with E-state index in [0.717, 1.165) is 11.3 Å². The lowest BCUT2D eigenvalue weighted by Gasteiger charge is -2.32. The molecular weight excluding hydrogens is 394 g/mol. The fourth-order valence-corrected chi connectivity index (χ4v) is 5.55. The van der Waals surface area contributed by atoms with Gasteiger partial charge in [0.2, 0.25) is 15.9 Å². The van der Waals surface area contributed by atoms with Crippen molar-refractivity contribution < 1.29 is 22.5 Å². The second-order valence-electron chi connectivity index (χ2n) is 7.34. The van der Waals surface area contributed by atoms with Crippen molar-refractivity contribution in [1.29, 1.82) is 0 Å². The molecule has 9 heteroatoms. The zero-order chi connectivity index (χ0) is 21.2. The number of carbonyl (C=O) groups excluding carboxylic acids is 1. The molecule has 158 valence electrons. The van der Waals surface area contributed by atoms with Crippen molar-refractivity contribution in [3.8, 4) is 5.75 Å². The predicted molar refractivity (Wildman–Crippen MR) is 107 cm³/mol. The number of carbonyl (C=O) groups is 1. The van der Waals surface area contributed by atoms with Crippen LogP contribution in [0.1, 0.15) is 29.9 Å². The van der Waals surface area contributed by atoms with Gasteiger partial charge in [-0.3, -0.25) is 4.79 Å². The van der Waals surface area contributed by atoms with Crippen LogP contribution >= 0.6 is 0 Å². The first-order valence-corrected chi connectivity index (χ1v) is 11.0. The molecule has 3 rings (SSSR count). The molecule has 1 aliphatic rings. The maximum Gasteiger partial charge on any atom is 0.248 e. The number of sulfonamides is 1. The maximum atomic E-state index is 12.9. The lowest BCUT2D eigenvalue weighted by molar-refractivity contribution is -0.135. The van der Waals surface area contributed by atoms with E-state index in [1.165, 1.54) is 4.31 Å². The van der Waals surface area contributed by atoms with E-state index < -0.39 is 10.0 Å². The van der Waals surface area contributed by atoms with E-state index in [1.807, 2.05) is 24.3 Å². The van der Waals surface area contributed by atoms with Crippen LogP contribution in [0.5, 0.6) is 5.75 Å². The van der Waals surface area contributed by atoms with Crippen LogP contribution in [-0.4, -0.2) is 55.9 Å². The number of nitrogens with zero attached hydrogens (tertiary/aromatic N) is 3. The Bertz CT molecular complexity index is 958. The van der Waals surface area contributed by atoms with Crippen LogP contribution in [0.3, 0.4) is 0 Å². The highest BCUT2D eigenvalue weighted by Crippen LogP contribution is 2.29. The van der Waals surface area contributed by atoms with Gasteiger partial charge in [0.05, 0.1) is 7.11 Å². The summed E-state index contributed by atoms with van der Waals surface area (Å²) in [6.45, 7) is 4.25. The number of methoxy groups -OCH3 is 1. The molecule has 0 bridgehead atoms. The first-order chi connectivity index (χ1) is 13.8. The standard InChI is InChI=1S/C20H27N3O5S/c1-14-19(15(2)28-21-14)29(25,26)23-11-9-16(10-12-23)20(24)22(3)13-17-7-5-6-8-18(17)27-4/h5-8,16H,9-13H2,1-4H3. The molecule has 1 amide bonds. The van der Waals surface area contributed by atoms with Crippen LogP contribution in [0.4, 0.5) is 0 Å². The van der Waals surface area contributed by atoms with Crippen molar-refractivity contribution >= 4 is 15.9 Å². The first kappa shape index (κ1) is 21.3. The van der Waals surface area contributed by atoms with Crippen LogP contribution in [-0.2, 0) is 21.4 Å². The Balaban J connectivity index is 1.63. The molecule has 0 radical (unpaired) electrons. The van der Waals surface area contributed by atoms with Crippen LogP contribution < -0.4 is 4.74 Å². The third kappa shape index (κ3) is 4.30. The molecule has 1 aromatic heterocycles. The minimum Gasteiger partial charge on any atom is -0.496 e. The Morgan fingerprint density at radius 1 is 1.28 bits per heavy atom. The van der Waals surface area contributed by atoms with Crippen LogP contribution in [0.15, 0.2) is 33.7 Å². The highest BCUT2D eigenvalue weighted by atomic mass is 32.2. The second kappa shape index (κ2) is 8.54. The summed E-state index contributed by atoms with van der Waals surface area (Å²) in [7, 11) is -0.299. The van der Waals surface area contributed by atoms with Gasteiger partial charge in [-0.15, -0.1) is 0 Å². The van der Waals surface area contributed by atoms with Gasteiger partial charge in [0.15, 0.2) is 5.76 Å². The van der Waals surface area contributed by atoms with Gasteiger partial charge in [-0.25, -0.2) is 8.42 Å².